The summed E-state index contributed by atoms with van der Waals surface area (Å²) in [6.45, 7) is 7.75. The second-order valence-corrected chi connectivity index (χ2v) is 8.56. The summed E-state index contributed by atoms with van der Waals surface area (Å²) in [5.74, 6) is 0.970. The van der Waals surface area contributed by atoms with E-state index >= 15 is 0 Å². The van der Waals surface area contributed by atoms with Gasteiger partial charge in [0, 0.05) is 64.2 Å². The number of hydrogen-bond donors (Lipinski definition) is 1. The van der Waals surface area contributed by atoms with Gasteiger partial charge < -0.3 is 5.11 Å². The minimum absolute atomic E-state index is 0.136. The van der Waals surface area contributed by atoms with Crippen molar-refractivity contribution >= 4 is 0 Å². The van der Waals surface area contributed by atoms with Crippen LogP contribution in [0.1, 0.15) is 24.8 Å². The molecule has 1 N–H and O–H groups in total. The zero-order valence-electron chi connectivity index (χ0n) is 14.3. The van der Waals surface area contributed by atoms with E-state index in [4.69, 9.17) is 0 Å². The van der Waals surface area contributed by atoms with Crippen molar-refractivity contribution < 1.29 is 5.11 Å². The molecule has 5 rings (SSSR count). The molecule has 4 fully saturated rings. The number of aliphatic hydroxyl groups excluding tert-OH is 1. The lowest BCUT2D eigenvalue weighted by Crippen LogP contribution is -2.78. The van der Waals surface area contributed by atoms with Crippen LogP contribution in [0.3, 0.4) is 0 Å². The highest BCUT2D eigenvalue weighted by atomic mass is 16.3. The molecule has 0 aromatic carbocycles. The summed E-state index contributed by atoms with van der Waals surface area (Å²) in [6, 6.07) is 4.73. The lowest BCUT2D eigenvalue weighted by atomic mass is 9.83. The average molecular weight is 328 g/mol. The first-order chi connectivity index (χ1) is 11.7. The Morgan fingerprint density at radius 1 is 1.17 bits per heavy atom. The number of β-amino-alcohol motifs (C(OH)–C–C–N with tert-alkyl or cyclic N) is 1. The maximum atomic E-state index is 10.2. The molecule has 0 bridgehead atoms. The summed E-state index contributed by atoms with van der Waals surface area (Å²) < 4.78 is 0. The van der Waals surface area contributed by atoms with Gasteiger partial charge in [0.05, 0.1) is 11.6 Å². The highest BCUT2D eigenvalue weighted by Gasteiger charge is 2.56. The van der Waals surface area contributed by atoms with Gasteiger partial charge in [0.1, 0.15) is 0 Å². The topological polar surface area (TPSA) is 42.8 Å². The first kappa shape index (κ1) is 15.3. The van der Waals surface area contributed by atoms with Crippen molar-refractivity contribution in [3.63, 3.8) is 0 Å². The molecule has 2 atom stereocenters. The van der Waals surface area contributed by atoms with Crippen LogP contribution in [0.25, 0.3) is 0 Å². The maximum absolute atomic E-state index is 10.2. The monoisotopic (exact) mass is 328 g/mol. The fourth-order valence-electron chi connectivity index (χ4n) is 5.25. The molecule has 5 heteroatoms. The van der Waals surface area contributed by atoms with Crippen molar-refractivity contribution in [1.82, 2.24) is 19.7 Å². The summed E-state index contributed by atoms with van der Waals surface area (Å²) in [6.07, 6.45) is 7.50. The first-order valence-corrected chi connectivity index (χ1v) is 9.49. The molecule has 24 heavy (non-hydrogen) atoms. The Hall–Kier alpha value is -1.01. The Morgan fingerprint density at radius 2 is 2.00 bits per heavy atom. The Morgan fingerprint density at radius 3 is 2.75 bits per heavy atom. The molecule has 3 aliphatic heterocycles. The Labute approximate surface area is 144 Å². The van der Waals surface area contributed by atoms with Crippen LogP contribution in [0.15, 0.2) is 24.5 Å². The second-order valence-electron chi connectivity index (χ2n) is 8.56. The number of pyridine rings is 1. The van der Waals surface area contributed by atoms with E-state index in [0.717, 1.165) is 38.5 Å². The molecule has 1 aliphatic carbocycles. The minimum atomic E-state index is -0.136. The molecule has 0 amide bonds. The summed E-state index contributed by atoms with van der Waals surface area (Å²) in [7, 11) is 0. The van der Waals surface area contributed by atoms with Gasteiger partial charge in [0.25, 0.3) is 0 Å². The van der Waals surface area contributed by atoms with E-state index in [9.17, 15) is 5.11 Å². The number of aliphatic hydroxyl groups is 1. The number of fused-ring (bicyclic) bond motifs is 2. The molecule has 4 aliphatic rings. The fraction of sp³-hybridized carbons (Fsp3) is 0.737. The predicted molar refractivity (Wildman–Crippen MR) is 92.5 cm³/mol. The van der Waals surface area contributed by atoms with Crippen molar-refractivity contribution in [3.05, 3.63) is 30.1 Å². The molecule has 1 spiro atoms. The number of piperazine rings is 1. The number of rotatable bonds is 4. The molecule has 130 valence electrons. The minimum Gasteiger partial charge on any atom is -0.392 e. The van der Waals surface area contributed by atoms with E-state index < -0.39 is 0 Å². The van der Waals surface area contributed by atoms with Gasteiger partial charge in [-0.3, -0.25) is 19.7 Å². The quantitative estimate of drug-likeness (QED) is 0.885. The van der Waals surface area contributed by atoms with Gasteiger partial charge in [-0.25, -0.2) is 0 Å². The van der Waals surface area contributed by atoms with Gasteiger partial charge in [-0.05, 0) is 36.8 Å². The normalized spacial score (nSPS) is 33.5. The second kappa shape index (κ2) is 5.77. The van der Waals surface area contributed by atoms with Crippen LogP contribution in [0.4, 0.5) is 0 Å². The number of likely N-dealkylation sites (tertiary alicyclic amines) is 1. The van der Waals surface area contributed by atoms with Gasteiger partial charge in [0.15, 0.2) is 0 Å². The van der Waals surface area contributed by atoms with E-state index in [2.05, 4.69) is 25.8 Å². The van der Waals surface area contributed by atoms with E-state index in [-0.39, 0.29) is 11.6 Å². The molecule has 4 heterocycles. The van der Waals surface area contributed by atoms with Crippen LogP contribution in [-0.2, 0) is 6.54 Å². The summed E-state index contributed by atoms with van der Waals surface area (Å²) >= 11 is 0. The summed E-state index contributed by atoms with van der Waals surface area (Å²) in [5.41, 5.74) is 1.58. The number of aromatic nitrogens is 1. The summed E-state index contributed by atoms with van der Waals surface area (Å²) in [4.78, 5) is 12.2. The zero-order chi connectivity index (χ0) is 16.1. The Kier molecular flexibility index (Phi) is 3.67. The SMILES string of the molecule is OC1CC2CN(Cc3cccnc3)CC3(CN(CC4CC4)C3)N2C1. The molecule has 1 aromatic heterocycles. The van der Waals surface area contributed by atoms with Crippen molar-refractivity contribution in [3.8, 4) is 0 Å². The lowest BCUT2D eigenvalue weighted by Gasteiger charge is -2.61. The molecule has 0 radical (unpaired) electrons. The predicted octanol–water partition coefficient (Wildman–Crippen LogP) is 0.797. The van der Waals surface area contributed by atoms with E-state index in [0.29, 0.717) is 6.04 Å². The molecule has 1 saturated carbocycles. The van der Waals surface area contributed by atoms with E-state index in [1.165, 1.54) is 38.0 Å². The smallest absolute Gasteiger partial charge is 0.0682 e. The van der Waals surface area contributed by atoms with Crippen LogP contribution in [0, 0.1) is 5.92 Å². The zero-order valence-corrected chi connectivity index (χ0v) is 14.3. The third-order valence-corrected chi connectivity index (χ3v) is 6.37. The molecule has 3 saturated heterocycles. The third-order valence-electron chi connectivity index (χ3n) is 6.37. The van der Waals surface area contributed by atoms with Gasteiger partial charge in [-0.1, -0.05) is 6.07 Å². The van der Waals surface area contributed by atoms with Gasteiger partial charge in [-0.2, -0.15) is 0 Å². The standard InChI is InChI=1S/C19H28N4O/c24-18-6-17-10-21(9-16-2-1-5-20-7-16)12-19(23(17)11-18)13-22(14-19)8-15-3-4-15/h1-2,5,7,15,17-18,24H,3-4,6,8-14H2. The largest absolute Gasteiger partial charge is 0.392 e. The highest BCUT2D eigenvalue weighted by Crippen LogP contribution is 2.41. The van der Waals surface area contributed by atoms with E-state index in [1.54, 1.807) is 0 Å². The van der Waals surface area contributed by atoms with Crippen LogP contribution in [0.2, 0.25) is 0 Å². The van der Waals surface area contributed by atoms with Gasteiger partial charge in [-0.15, -0.1) is 0 Å². The Balaban J connectivity index is 1.30. The molecule has 1 aromatic rings. The van der Waals surface area contributed by atoms with Crippen molar-refractivity contribution in [2.75, 3.05) is 39.3 Å². The van der Waals surface area contributed by atoms with Crippen LogP contribution >= 0.6 is 0 Å². The molecular formula is C19H28N4O. The highest BCUT2D eigenvalue weighted by molar-refractivity contribution is 5.15. The number of hydrogen-bond acceptors (Lipinski definition) is 5. The van der Waals surface area contributed by atoms with Crippen molar-refractivity contribution in [1.29, 1.82) is 0 Å². The molecular weight excluding hydrogens is 300 g/mol. The lowest BCUT2D eigenvalue weighted by molar-refractivity contribution is -0.116. The van der Waals surface area contributed by atoms with Crippen LogP contribution in [0.5, 0.6) is 0 Å². The Bertz CT molecular complexity index is 584. The van der Waals surface area contributed by atoms with Gasteiger partial charge in [0.2, 0.25) is 0 Å². The van der Waals surface area contributed by atoms with Gasteiger partial charge >= 0.3 is 0 Å². The first-order valence-electron chi connectivity index (χ1n) is 9.49. The maximum Gasteiger partial charge on any atom is 0.0682 e. The van der Waals surface area contributed by atoms with Crippen molar-refractivity contribution in [2.24, 2.45) is 5.92 Å². The summed E-state index contributed by atoms with van der Waals surface area (Å²) in [5, 5.41) is 10.2. The fourth-order valence-corrected chi connectivity index (χ4v) is 5.25. The van der Waals surface area contributed by atoms with Crippen LogP contribution < -0.4 is 0 Å². The molecule has 5 nitrogen and oxygen atoms in total. The molecule has 2 unspecified atom stereocenters. The van der Waals surface area contributed by atoms with E-state index in [1.807, 2.05) is 18.5 Å². The number of nitrogens with zero attached hydrogens (tertiary/aromatic N) is 4. The third kappa shape index (κ3) is 2.77. The average Bonchev–Trinajstić information content (AvgIpc) is 3.26. The van der Waals surface area contributed by atoms with Crippen LogP contribution in [-0.4, -0.2) is 81.7 Å². The van der Waals surface area contributed by atoms with Crippen molar-refractivity contribution in [2.45, 2.75) is 43.5 Å².